The molecule has 1 fully saturated rings. The maximum atomic E-state index is 15.0. The van der Waals surface area contributed by atoms with E-state index >= 15 is 0 Å². The van der Waals surface area contributed by atoms with Crippen molar-refractivity contribution in [2.45, 2.75) is 118 Å². The fourth-order valence-corrected chi connectivity index (χ4v) is 10.8. The summed E-state index contributed by atoms with van der Waals surface area (Å²) in [5.41, 5.74) is -0.734. The van der Waals surface area contributed by atoms with Crippen LogP contribution in [0.5, 0.6) is 11.5 Å². The maximum absolute atomic E-state index is 15.0. The van der Waals surface area contributed by atoms with Gasteiger partial charge in [-0.15, -0.1) is 0 Å². The fourth-order valence-electron chi connectivity index (χ4n) is 10.8. The number of nitrogens with zero attached hydrogens (tertiary/aromatic N) is 3. The lowest BCUT2D eigenvalue weighted by molar-refractivity contribution is -0.155. The molecule has 3 N–H and O–H groups in total. The van der Waals surface area contributed by atoms with Crippen LogP contribution in [0.15, 0.2) is 62.3 Å². The monoisotopic (exact) mass is 936 g/mol. The van der Waals surface area contributed by atoms with Gasteiger partial charge in [0.15, 0.2) is 22.4 Å². The molecule has 0 aliphatic carbocycles. The predicted octanol–water partition coefficient (Wildman–Crippen LogP) is 8.18. The first-order valence-corrected chi connectivity index (χ1v) is 24.0. The first-order chi connectivity index (χ1) is 32.3. The van der Waals surface area contributed by atoms with E-state index in [1.807, 2.05) is 13.0 Å². The molecule has 5 heterocycles. The lowest BCUT2D eigenvalue weighted by atomic mass is 9.75. The number of benzene rings is 3. The first kappa shape index (κ1) is 50.0. The number of piperidine rings is 1. The van der Waals surface area contributed by atoms with Gasteiger partial charge in [-0.2, -0.15) is 0 Å². The molecule has 0 spiro atoms. The molecule has 1 aromatic heterocycles. The number of carbonyl (C=O) groups excluding carboxylic acids is 2. The molecule has 15 heteroatoms. The third kappa shape index (κ3) is 9.18. The number of carbonyl (C=O) groups is 2. The zero-order valence-electron chi connectivity index (χ0n) is 41.5. The van der Waals surface area contributed by atoms with Gasteiger partial charge in [0.1, 0.15) is 28.8 Å². The summed E-state index contributed by atoms with van der Waals surface area (Å²) < 4.78 is 31.4. The van der Waals surface area contributed by atoms with Gasteiger partial charge in [0.2, 0.25) is 10.9 Å². The number of phenols is 1. The van der Waals surface area contributed by atoms with Crippen LogP contribution in [-0.4, -0.2) is 90.3 Å². The summed E-state index contributed by atoms with van der Waals surface area (Å²) >= 11 is 0. The van der Waals surface area contributed by atoms with Crippen LogP contribution in [0.25, 0.3) is 38.7 Å². The van der Waals surface area contributed by atoms with Gasteiger partial charge in [-0.3, -0.25) is 19.2 Å². The van der Waals surface area contributed by atoms with Crippen molar-refractivity contribution in [1.82, 2.24) is 9.88 Å². The Morgan fingerprint density at radius 2 is 1.71 bits per heavy atom. The molecule has 4 aliphatic rings. The van der Waals surface area contributed by atoms with Crippen LogP contribution in [0.4, 0.5) is 11.4 Å². The molecule has 0 unspecified atom stereocenters. The van der Waals surface area contributed by atoms with Crippen molar-refractivity contribution in [3.63, 3.8) is 0 Å². The molecule has 4 aromatic rings. The van der Waals surface area contributed by atoms with E-state index in [2.05, 4.69) is 63.0 Å². The highest BCUT2D eigenvalue weighted by atomic mass is 16.7. The second kappa shape index (κ2) is 20.0. The Bertz CT molecular complexity index is 2880. The number of allylic oxidation sites excluding steroid dienone is 3. The highest BCUT2D eigenvalue weighted by Crippen LogP contribution is 2.43. The summed E-state index contributed by atoms with van der Waals surface area (Å²) in [5, 5.41) is 26.8. The van der Waals surface area contributed by atoms with Crippen LogP contribution >= 0.6 is 0 Å². The van der Waals surface area contributed by atoms with Crippen LogP contribution in [-0.2, 0) is 23.8 Å². The summed E-state index contributed by atoms with van der Waals surface area (Å²) in [6.45, 7) is 18.2. The average molecular weight is 937 g/mol. The summed E-state index contributed by atoms with van der Waals surface area (Å²) in [6, 6.07) is 3.63. The Balaban J connectivity index is 1.48. The van der Waals surface area contributed by atoms with E-state index in [0.29, 0.717) is 24.8 Å². The Kier molecular flexibility index (Phi) is 14.7. The summed E-state index contributed by atoms with van der Waals surface area (Å²) in [6.07, 6.45) is 11.0. The summed E-state index contributed by atoms with van der Waals surface area (Å²) in [7, 11) is 5.67. The lowest BCUT2D eigenvalue weighted by Gasteiger charge is -2.36. The second-order valence-electron chi connectivity index (χ2n) is 19.4. The van der Waals surface area contributed by atoms with Crippen molar-refractivity contribution >= 4 is 62.0 Å². The molecule has 68 heavy (non-hydrogen) atoms. The van der Waals surface area contributed by atoms with Gasteiger partial charge in [0, 0.05) is 79.8 Å². The van der Waals surface area contributed by atoms with E-state index in [9.17, 15) is 29.4 Å². The number of fused-ring (bicyclic) bond motifs is 14. The quantitative estimate of drug-likeness (QED) is 0.0953. The number of hydrogen-bond acceptors (Lipinski definition) is 14. The van der Waals surface area contributed by atoms with E-state index in [0.717, 1.165) is 25.7 Å². The molecule has 1 amide bonds. The molecule has 8 rings (SSSR count). The smallest absolute Gasteiger partial charge is 0.309 e. The van der Waals surface area contributed by atoms with Crippen molar-refractivity contribution in [3.05, 3.63) is 79.5 Å². The highest BCUT2D eigenvalue weighted by molar-refractivity contribution is 6.16. The highest BCUT2D eigenvalue weighted by Gasteiger charge is 2.46. The predicted molar refractivity (Wildman–Crippen MR) is 265 cm³/mol. The molecule has 3 aromatic carbocycles. The van der Waals surface area contributed by atoms with Crippen molar-refractivity contribution in [2.24, 2.45) is 29.6 Å². The van der Waals surface area contributed by atoms with Crippen LogP contribution in [0, 0.1) is 36.5 Å². The minimum Gasteiger partial charge on any atom is -0.507 e. The number of amides is 1. The molecular formula is C53H68N4O11. The number of esters is 1. The van der Waals surface area contributed by atoms with Gasteiger partial charge in [-0.05, 0) is 77.0 Å². The van der Waals surface area contributed by atoms with Crippen LogP contribution in [0.2, 0.25) is 0 Å². The number of aliphatic hydroxyl groups excluding tert-OH is 1. The molecule has 5 bridgehead atoms. The fraction of sp³-hybridized carbons (Fsp3) is 0.528. The number of aromatic hydroxyl groups is 1. The molecule has 0 radical (unpaired) electrons. The first-order valence-electron chi connectivity index (χ1n) is 24.0. The second-order valence-corrected chi connectivity index (χ2v) is 19.4. The Morgan fingerprint density at radius 3 is 2.34 bits per heavy atom. The van der Waals surface area contributed by atoms with Crippen molar-refractivity contribution in [3.8, 4) is 11.5 Å². The molecule has 366 valence electrons. The number of hydrogen-bond donors (Lipinski definition) is 3. The topological polar surface area (TPSA) is 190 Å². The Morgan fingerprint density at radius 1 is 1.00 bits per heavy atom. The van der Waals surface area contributed by atoms with E-state index in [4.69, 9.17) is 28.3 Å². The van der Waals surface area contributed by atoms with E-state index in [1.165, 1.54) is 26.2 Å². The molecule has 8 atom stereocenters. The van der Waals surface area contributed by atoms with E-state index in [1.54, 1.807) is 39.2 Å². The number of phenolic OH excluding ortho intramolecular Hbond substituents is 1. The minimum absolute atomic E-state index is 0.00473. The number of aromatic nitrogens is 1. The lowest BCUT2D eigenvalue weighted by Crippen LogP contribution is -2.42. The van der Waals surface area contributed by atoms with Crippen molar-refractivity contribution < 1.29 is 43.2 Å². The zero-order chi connectivity index (χ0) is 49.5. The molecular weight excluding hydrogens is 869 g/mol. The number of methoxy groups -OCH3 is 1. The number of ether oxygens (including phenoxy) is 4. The van der Waals surface area contributed by atoms with Gasteiger partial charge in [-0.25, -0.2) is 4.98 Å². The molecule has 1 saturated heterocycles. The third-order valence-corrected chi connectivity index (χ3v) is 14.8. The normalized spacial score (nSPS) is 28.4. The number of nitrogens with one attached hydrogen (secondary N) is 1. The molecule has 15 nitrogen and oxygen atoms in total. The van der Waals surface area contributed by atoms with Gasteiger partial charge >= 0.3 is 11.8 Å². The summed E-state index contributed by atoms with van der Waals surface area (Å²) in [5.74, 6) is -3.59. The van der Waals surface area contributed by atoms with E-state index in [-0.39, 0.29) is 96.8 Å². The number of rotatable bonds is 6. The van der Waals surface area contributed by atoms with E-state index < -0.39 is 52.2 Å². The van der Waals surface area contributed by atoms with Crippen LogP contribution < -0.4 is 31.0 Å². The average Bonchev–Trinajstić information content (AvgIpc) is 3.60. The van der Waals surface area contributed by atoms with Gasteiger partial charge in [0.25, 0.3) is 5.91 Å². The molecule has 4 aliphatic heterocycles. The van der Waals surface area contributed by atoms with Crippen molar-refractivity contribution in [1.29, 1.82) is 0 Å². The Hall–Kier alpha value is -5.93. The third-order valence-electron chi connectivity index (χ3n) is 14.8. The van der Waals surface area contributed by atoms with Gasteiger partial charge in [-0.1, -0.05) is 66.2 Å². The van der Waals surface area contributed by atoms with Gasteiger partial charge in [0.05, 0.1) is 23.0 Å². The SMILES string of the molecule is CC[C@H]1[C@@H](C)/C=C/C=C(/C)C(=O)Nc2c(=O)c3c(O)c(C)c4c(c3c3nc5c(=O)cc(N6CCC(N(C)C)CC6)cc5oc23)=C(O)[C@@](CC)(O/C=C/[C@H](OC)[C@@H](C)[C@@H](OC(C)=O)[C@H](C)C[C@@H]1C)O4. The van der Waals surface area contributed by atoms with Gasteiger partial charge < -0.3 is 48.7 Å². The van der Waals surface area contributed by atoms with Crippen LogP contribution in [0.1, 0.15) is 93.1 Å². The number of anilines is 2. The Labute approximate surface area is 397 Å². The minimum atomic E-state index is -1.87. The largest absolute Gasteiger partial charge is 0.507 e. The maximum Gasteiger partial charge on any atom is 0.309 e. The number of aliphatic hydroxyl groups is 1. The van der Waals surface area contributed by atoms with Crippen molar-refractivity contribution in [2.75, 3.05) is 44.5 Å². The zero-order valence-corrected chi connectivity index (χ0v) is 41.5. The molecule has 0 saturated carbocycles. The summed E-state index contributed by atoms with van der Waals surface area (Å²) in [4.78, 5) is 65.0. The van der Waals surface area contributed by atoms with Crippen LogP contribution in [0.3, 0.4) is 0 Å². The standard InChI is InChI=1S/C53H68N4O11/c1-13-36-27(3)16-15-17-28(4)52(63)55-45-47(61)41-40(44-50(45)67-39-26-35(25-37(59)43(39)54-44)57-21-18-34(19-22-57)56(10)11)42-49(32(8)46(41)60)68-53(14-2,51(42)62)65-23-20-38(64-12)31(7)48(66-33(9)58)30(6)24-29(36)5/h15-17,20,23,25-27,29-31,34,36,38,48,60,62H,13-14,18-19,21-22,24H2,1-12H3,(H,55,63)/b16-15+,23-20+,28-17-/t27-,29-,30+,31+,36-,38-,48-,53-/m0/s1.